The van der Waals surface area contributed by atoms with Crippen LogP contribution in [0.3, 0.4) is 0 Å². The minimum atomic E-state index is -0.145. The number of hydrogen-bond donors (Lipinski definition) is 2. The Hall–Kier alpha value is -2.08. The van der Waals surface area contributed by atoms with Gasteiger partial charge < -0.3 is 20.9 Å². The highest BCUT2D eigenvalue weighted by Gasteiger charge is 2.31. The van der Waals surface area contributed by atoms with Gasteiger partial charge in [0.15, 0.2) is 0 Å². The molecule has 1 saturated heterocycles. The quantitative estimate of drug-likeness (QED) is 0.859. The highest BCUT2D eigenvalue weighted by Crippen LogP contribution is 2.22. The predicted molar refractivity (Wildman–Crippen MR) is 100 cm³/mol. The van der Waals surface area contributed by atoms with Gasteiger partial charge in [0.1, 0.15) is 0 Å². The average molecular weight is 346 g/mol. The Balaban J connectivity index is 1.93. The van der Waals surface area contributed by atoms with Crippen LogP contribution in [0.1, 0.15) is 26.7 Å². The molecule has 0 bridgehead atoms. The molecule has 0 aromatic heterocycles. The van der Waals surface area contributed by atoms with E-state index in [1.165, 1.54) is 0 Å². The zero-order chi connectivity index (χ0) is 18.4. The number of nitrogens with two attached hydrogens (primary N) is 1. The third kappa shape index (κ3) is 5.46. The lowest BCUT2D eigenvalue weighted by molar-refractivity contribution is -0.136. The molecule has 6 nitrogen and oxygen atoms in total. The highest BCUT2D eigenvalue weighted by atomic mass is 16.2. The van der Waals surface area contributed by atoms with Crippen molar-refractivity contribution in [3.8, 4) is 0 Å². The lowest BCUT2D eigenvalue weighted by Gasteiger charge is -2.36. The van der Waals surface area contributed by atoms with Crippen LogP contribution in [0.15, 0.2) is 30.3 Å². The van der Waals surface area contributed by atoms with E-state index in [0.29, 0.717) is 26.2 Å². The molecule has 1 aromatic rings. The van der Waals surface area contributed by atoms with Crippen molar-refractivity contribution in [2.75, 3.05) is 38.5 Å². The number of carbonyl (C=O) groups is 2. The normalized spacial score (nSPS) is 17.9. The van der Waals surface area contributed by atoms with E-state index >= 15 is 0 Å². The van der Waals surface area contributed by atoms with Crippen molar-refractivity contribution in [2.45, 2.75) is 26.7 Å². The number of likely N-dealkylation sites (tertiary alicyclic amines) is 1. The zero-order valence-corrected chi connectivity index (χ0v) is 15.5. The Morgan fingerprint density at radius 3 is 2.64 bits per heavy atom. The van der Waals surface area contributed by atoms with E-state index in [0.717, 1.165) is 18.5 Å². The van der Waals surface area contributed by atoms with Crippen molar-refractivity contribution in [1.29, 1.82) is 0 Å². The maximum absolute atomic E-state index is 12.7. The molecule has 1 atom stereocenters. The first-order chi connectivity index (χ1) is 11.8. The summed E-state index contributed by atoms with van der Waals surface area (Å²) in [4.78, 5) is 28.7. The standard InChI is InChI=1S/C19H30N4O2/c1-19(2,13-20)14-22(3)17(24)15-8-7-11-23(12-15)18(25)21-16-9-5-4-6-10-16/h4-6,9-10,15H,7-8,11-14,20H2,1-3H3,(H,21,25). The molecule has 0 spiro atoms. The van der Waals surface area contributed by atoms with Crippen molar-refractivity contribution >= 4 is 17.6 Å². The lowest BCUT2D eigenvalue weighted by atomic mass is 9.91. The number of anilines is 1. The largest absolute Gasteiger partial charge is 0.345 e. The number of urea groups is 1. The van der Waals surface area contributed by atoms with E-state index in [-0.39, 0.29) is 23.3 Å². The van der Waals surface area contributed by atoms with Crippen LogP contribution in [0.2, 0.25) is 0 Å². The Morgan fingerprint density at radius 2 is 2.00 bits per heavy atom. The van der Waals surface area contributed by atoms with E-state index in [4.69, 9.17) is 5.73 Å². The van der Waals surface area contributed by atoms with Gasteiger partial charge in [0.25, 0.3) is 0 Å². The molecule has 138 valence electrons. The zero-order valence-electron chi connectivity index (χ0n) is 15.5. The molecule has 6 heteroatoms. The number of hydrogen-bond acceptors (Lipinski definition) is 3. The summed E-state index contributed by atoms with van der Waals surface area (Å²) in [6.45, 7) is 6.40. The first-order valence-corrected chi connectivity index (χ1v) is 8.88. The van der Waals surface area contributed by atoms with Crippen LogP contribution >= 0.6 is 0 Å². The van der Waals surface area contributed by atoms with Crippen LogP contribution in [0.5, 0.6) is 0 Å². The number of nitrogens with zero attached hydrogens (tertiary/aromatic N) is 2. The molecule has 1 fully saturated rings. The van der Waals surface area contributed by atoms with Crippen LogP contribution < -0.4 is 11.1 Å². The summed E-state index contributed by atoms with van der Waals surface area (Å²) in [6.07, 6.45) is 1.66. The second-order valence-electron chi connectivity index (χ2n) is 7.64. The van der Waals surface area contributed by atoms with Crippen LogP contribution in [0.25, 0.3) is 0 Å². The van der Waals surface area contributed by atoms with Gasteiger partial charge in [-0.05, 0) is 36.9 Å². The first-order valence-electron chi connectivity index (χ1n) is 8.88. The van der Waals surface area contributed by atoms with Gasteiger partial charge in [-0.1, -0.05) is 32.0 Å². The Labute approximate surface area is 150 Å². The summed E-state index contributed by atoms with van der Waals surface area (Å²) < 4.78 is 0. The van der Waals surface area contributed by atoms with Gasteiger partial charge in [0.2, 0.25) is 5.91 Å². The molecule has 1 aliphatic rings. The van der Waals surface area contributed by atoms with Gasteiger partial charge in [0.05, 0.1) is 5.92 Å². The monoisotopic (exact) mass is 346 g/mol. The number of piperidine rings is 1. The number of amides is 3. The van der Waals surface area contributed by atoms with Gasteiger partial charge >= 0.3 is 6.03 Å². The molecule has 0 aliphatic carbocycles. The molecule has 0 saturated carbocycles. The first kappa shape index (κ1) is 19.2. The number of para-hydroxylation sites is 1. The summed E-state index contributed by atoms with van der Waals surface area (Å²) in [5, 5.41) is 2.89. The van der Waals surface area contributed by atoms with Crippen molar-refractivity contribution in [3.63, 3.8) is 0 Å². The van der Waals surface area contributed by atoms with Crippen molar-refractivity contribution in [1.82, 2.24) is 9.80 Å². The smallest absolute Gasteiger partial charge is 0.321 e. The minimum absolute atomic E-state index is 0.0961. The molecule has 3 N–H and O–H groups in total. The van der Waals surface area contributed by atoms with Crippen molar-refractivity contribution in [3.05, 3.63) is 30.3 Å². The van der Waals surface area contributed by atoms with Gasteiger partial charge in [0, 0.05) is 32.4 Å². The van der Waals surface area contributed by atoms with E-state index in [2.05, 4.69) is 19.2 Å². The maximum Gasteiger partial charge on any atom is 0.321 e. The Bertz CT molecular complexity index is 588. The summed E-state index contributed by atoms with van der Waals surface area (Å²) in [5.74, 6) is -0.0485. The van der Waals surface area contributed by atoms with Gasteiger partial charge in [-0.25, -0.2) is 4.79 Å². The van der Waals surface area contributed by atoms with Crippen LogP contribution in [0, 0.1) is 11.3 Å². The lowest BCUT2D eigenvalue weighted by Crippen LogP contribution is -2.49. The van der Waals surface area contributed by atoms with E-state index in [9.17, 15) is 9.59 Å². The third-order valence-corrected chi connectivity index (χ3v) is 4.68. The SMILES string of the molecule is CN(CC(C)(C)CN)C(=O)C1CCCN(C(=O)Nc2ccccc2)C1. The van der Waals surface area contributed by atoms with Crippen molar-refractivity contribution in [2.24, 2.45) is 17.1 Å². The van der Waals surface area contributed by atoms with E-state index in [1.807, 2.05) is 37.4 Å². The van der Waals surface area contributed by atoms with Crippen LogP contribution in [-0.2, 0) is 4.79 Å². The third-order valence-electron chi connectivity index (χ3n) is 4.68. The van der Waals surface area contributed by atoms with Gasteiger partial charge in [-0.2, -0.15) is 0 Å². The molecular formula is C19H30N4O2. The fourth-order valence-electron chi connectivity index (χ4n) is 3.18. The molecule has 2 rings (SSSR count). The van der Waals surface area contributed by atoms with Crippen LogP contribution in [0.4, 0.5) is 10.5 Å². The topological polar surface area (TPSA) is 78.7 Å². The number of rotatable bonds is 5. The second kappa shape index (κ2) is 8.34. The highest BCUT2D eigenvalue weighted by molar-refractivity contribution is 5.90. The summed E-state index contributed by atoms with van der Waals surface area (Å²) >= 11 is 0. The predicted octanol–water partition coefficient (Wildman–Crippen LogP) is 2.37. The van der Waals surface area contributed by atoms with Gasteiger partial charge in [-0.15, -0.1) is 0 Å². The molecule has 0 radical (unpaired) electrons. The molecule has 25 heavy (non-hydrogen) atoms. The van der Waals surface area contributed by atoms with E-state index in [1.54, 1.807) is 9.80 Å². The molecular weight excluding hydrogens is 316 g/mol. The van der Waals surface area contributed by atoms with Gasteiger partial charge in [-0.3, -0.25) is 4.79 Å². The maximum atomic E-state index is 12.7. The van der Waals surface area contributed by atoms with Crippen LogP contribution in [-0.4, -0.2) is 55.0 Å². The molecule has 3 amide bonds. The molecule has 1 unspecified atom stereocenters. The summed E-state index contributed by atoms with van der Waals surface area (Å²) in [5.41, 5.74) is 6.43. The molecule has 1 aromatic carbocycles. The minimum Gasteiger partial charge on any atom is -0.345 e. The second-order valence-corrected chi connectivity index (χ2v) is 7.64. The molecule has 1 heterocycles. The van der Waals surface area contributed by atoms with E-state index < -0.39 is 0 Å². The molecule has 1 aliphatic heterocycles. The Morgan fingerprint density at radius 1 is 1.32 bits per heavy atom. The average Bonchev–Trinajstić information content (AvgIpc) is 2.61. The Kier molecular flexibility index (Phi) is 6.42. The number of nitrogens with one attached hydrogen (secondary N) is 1. The number of benzene rings is 1. The summed E-state index contributed by atoms with van der Waals surface area (Å²) in [6, 6.07) is 9.23. The fourth-order valence-corrected chi connectivity index (χ4v) is 3.18. The number of carbonyl (C=O) groups excluding carboxylic acids is 2. The fraction of sp³-hybridized carbons (Fsp3) is 0.579. The summed E-state index contributed by atoms with van der Waals surface area (Å²) in [7, 11) is 1.82. The van der Waals surface area contributed by atoms with Crippen molar-refractivity contribution < 1.29 is 9.59 Å².